The van der Waals surface area contributed by atoms with E-state index in [1.165, 1.54) is 69.9 Å². The number of thiophene rings is 1. The van der Waals surface area contributed by atoms with Gasteiger partial charge in [0.1, 0.15) is 11.2 Å². The number of para-hydroxylation sites is 2. The van der Waals surface area contributed by atoms with Crippen LogP contribution < -0.4 is 0 Å². The minimum Gasteiger partial charge on any atom is -0.456 e. The molecule has 0 saturated carbocycles. The van der Waals surface area contributed by atoms with Gasteiger partial charge in [-0.1, -0.05) is 97.1 Å². The normalized spacial score (nSPS) is 12.0. The smallest absolute Gasteiger partial charge is 0.135 e. The lowest BCUT2D eigenvalue weighted by atomic mass is 9.99. The summed E-state index contributed by atoms with van der Waals surface area (Å²) in [4.78, 5) is 0. The topological polar surface area (TPSA) is 18.1 Å². The van der Waals surface area contributed by atoms with Crippen LogP contribution in [0.2, 0.25) is 0 Å². The van der Waals surface area contributed by atoms with Gasteiger partial charge in [-0.2, -0.15) is 0 Å². The second-order valence-corrected chi connectivity index (χ2v) is 12.8. The zero-order valence-electron chi connectivity index (χ0n) is 24.2. The molecule has 0 aliphatic heterocycles. The van der Waals surface area contributed by atoms with Crippen LogP contribution in [-0.4, -0.2) is 4.57 Å². The molecule has 0 N–H and O–H groups in total. The average molecular weight is 592 g/mol. The first-order valence-electron chi connectivity index (χ1n) is 15.3. The predicted octanol–water partition coefficient (Wildman–Crippen LogP) is 12.4. The summed E-state index contributed by atoms with van der Waals surface area (Å²) in [6, 6.07) is 54.8. The van der Waals surface area contributed by atoms with Crippen LogP contribution in [0.3, 0.4) is 0 Å². The molecule has 10 rings (SSSR count). The van der Waals surface area contributed by atoms with E-state index in [0.717, 1.165) is 21.9 Å². The van der Waals surface area contributed by atoms with Crippen LogP contribution in [0.5, 0.6) is 0 Å². The summed E-state index contributed by atoms with van der Waals surface area (Å²) in [7, 11) is 0. The standard InChI is InChI=1S/C42H25NOS/c1-4-10-37-31(7-1)34-24-36-33-9-3-6-12-41(33)45-42(36)25-38(34)43(37)30-20-17-27(18-21-30)26-13-15-28(16-14-26)29-19-22-40-35(23-29)32-8-2-5-11-39(32)44-40/h1-25H. The van der Waals surface area contributed by atoms with Crippen molar-refractivity contribution in [3.05, 3.63) is 152 Å². The van der Waals surface area contributed by atoms with E-state index in [2.05, 4.69) is 144 Å². The molecule has 210 valence electrons. The van der Waals surface area contributed by atoms with Crippen LogP contribution in [0.4, 0.5) is 0 Å². The van der Waals surface area contributed by atoms with Gasteiger partial charge < -0.3 is 8.98 Å². The Hall–Kier alpha value is -5.64. The second-order valence-electron chi connectivity index (χ2n) is 11.7. The van der Waals surface area contributed by atoms with Crippen LogP contribution >= 0.6 is 11.3 Å². The maximum atomic E-state index is 6.03. The van der Waals surface area contributed by atoms with E-state index in [-0.39, 0.29) is 0 Å². The number of rotatable bonds is 3. The second kappa shape index (κ2) is 9.43. The molecule has 10 aromatic rings. The lowest BCUT2D eigenvalue weighted by Crippen LogP contribution is -1.93. The summed E-state index contributed by atoms with van der Waals surface area (Å²) >= 11 is 1.87. The van der Waals surface area contributed by atoms with Gasteiger partial charge in [0.15, 0.2) is 0 Å². The largest absolute Gasteiger partial charge is 0.456 e. The highest BCUT2D eigenvalue weighted by Crippen LogP contribution is 2.41. The molecule has 0 atom stereocenters. The van der Waals surface area contributed by atoms with E-state index < -0.39 is 0 Å². The molecule has 0 spiro atoms. The third-order valence-corrected chi connectivity index (χ3v) is 10.4. The summed E-state index contributed by atoms with van der Waals surface area (Å²) in [5.74, 6) is 0. The van der Waals surface area contributed by atoms with Crippen molar-refractivity contribution in [3.8, 4) is 27.9 Å². The Kier molecular flexibility index (Phi) is 5.19. The molecular formula is C42H25NOS. The van der Waals surface area contributed by atoms with Crippen molar-refractivity contribution in [2.75, 3.05) is 0 Å². The molecule has 0 bridgehead atoms. The summed E-state index contributed by atoms with van der Waals surface area (Å²) in [6.45, 7) is 0. The van der Waals surface area contributed by atoms with Crippen LogP contribution in [0.15, 0.2) is 156 Å². The number of hydrogen-bond acceptors (Lipinski definition) is 2. The number of fused-ring (bicyclic) bond motifs is 9. The molecular weight excluding hydrogens is 567 g/mol. The predicted molar refractivity (Wildman–Crippen MR) is 192 cm³/mol. The maximum absolute atomic E-state index is 6.03. The lowest BCUT2D eigenvalue weighted by molar-refractivity contribution is 0.669. The molecule has 45 heavy (non-hydrogen) atoms. The highest BCUT2D eigenvalue weighted by atomic mass is 32.1. The Balaban J connectivity index is 1.04. The Morgan fingerprint density at radius 2 is 1.00 bits per heavy atom. The highest BCUT2D eigenvalue weighted by Gasteiger charge is 2.15. The van der Waals surface area contributed by atoms with Crippen LogP contribution in [0.25, 0.3) is 91.9 Å². The summed E-state index contributed by atoms with van der Waals surface area (Å²) < 4.78 is 11.1. The first-order valence-corrected chi connectivity index (χ1v) is 16.1. The Morgan fingerprint density at radius 1 is 0.378 bits per heavy atom. The molecule has 0 saturated heterocycles. The highest BCUT2D eigenvalue weighted by molar-refractivity contribution is 7.25. The summed E-state index contributed by atoms with van der Waals surface area (Å²) in [5, 5.41) is 7.56. The fraction of sp³-hybridized carbons (Fsp3) is 0. The molecule has 0 aliphatic rings. The van der Waals surface area contributed by atoms with E-state index in [0.29, 0.717) is 0 Å². The molecule has 7 aromatic carbocycles. The third-order valence-electron chi connectivity index (χ3n) is 9.22. The average Bonchev–Trinajstić information content (AvgIpc) is 3.76. The Bertz CT molecular complexity index is 2740. The summed E-state index contributed by atoms with van der Waals surface area (Å²) in [6.07, 6.45) is 0. The molecule has 3 aromatic heterocycles. The van der Waals surface area contributed by atoms with Gasteiger partial charge >= 0.3 is 0 Å². The molecule has 3 heteroatoms. The third kappa shape index (κ3) is 3.75. The van der Waals surface area contributed by atoms with Gasteiger partial charge in [-0.05, 0) is 76.9 Å². The molecule has 0 amide bonds. The Morgan fingerprint density at radius 3 is 1.82 bits per heavy atom. The number of nitrogens with zero attached hydrogens (tertiary/aromatic N) is 1. The fourth-order valence-electron chi connectivity index (χ4n) is 7.03. The van der Waals surface area contributed by atoms with E-state index in [1.807, 2.05) is 23.5 Å². The SMILES string of the molecule is c1ccc2c(c1)oc1ccc(-c3ccc(-c4ccc(-n5c6ccccc6c6cc7c(cc65)sc5ccccc57)cc4)cc3)cc12. The van der Waals surface area contributed by atoms with Gasteiger partial charge in [0.25, 0.3) is 0 Å². The maximum Gasteiger partial charge on any atom is 0.135 e. The Labute approximate surface area is 263 Å². The van der Waals surface area contributed by atoms with Crippen molar-refractivity contribution in [1.29, 1.82) is 0 Å². The number of benzene rings is 7. The molecule has 3 heterocycles. The van der Waals surface area contributed by atoms with Crippen LogP contribution in [0.1, 0.15) is 0 Å². The van der Waals surface area contributed by atoms with Crippen molar-refractivity contribution in [2.24, 2.45) is 0 Å². The van der Waals surface area contributed by atoms with Gasteiger partial charge in [-0.3, -0.25) is 0 Å². The minimum absolute atomic E-state index is 0.924. The van der Waals surface area contributed by atoms with Crippen LogP contribution in [0, 0.1) is 0 Å². The zero-order valence-corrected chi connectivity index (χ0v) is 25.0. The lowest BCUT2D eigenvalue weighted by Gasteiger charge is -2.10. The van der Waals surface area contributed by atoms with Crippen molar-refractivity contribution >= 4 is 75.3 Å². The molecule has 0 aliphatic carbocycles. The van der Waals surface area contributed by atoms with Crippen molar-refractivity contribution in [3.63, 3.8) is 0 Å². The van der Waals surface area contributed by atoms with E-state index >= 15 is 0 Å². The number of furan rings is 1. The van der Waals surface area contributed by atoms with Crippen molar-refractivity contribution < 1.29 is 4.42 Å². The van der Waals surface area contributed by atoms with Crippen LogP contribution in [-0.2, 0) is 0 Å². The summed E-state index contributed by atoms with van der Waals surface area (Å²) in [5.41, 5.74) is 10.3. The van der Waals surface area contributed by atoms with Gasteiger partial charge in [-0.15, -0.1) is 11.3 Å². The van der Waals surface area contributed by atoms with E-state index in [9.17, 15) is 0 Å². The molecule has 0 radical (unpaired) electrons. The van der Waals surface area contributed by atoms with E-state index in [1.54, 1.807) is 0 Å². The number of aromatic nitrogens is 1. The van der Waals surface area contributed by atoms with E-state index in [4.69, 9.17) is 4.42 Å². The van der Waals surface area contributed by atoms with Gasteiger partial charge in [0.05, 0.1) is 11.0 Å². The minimum atomic E-state index is 0.924. The monoisotopic (exact) mass is 591 g/mol. The van der Waals surface area contributed by atoms with Crippen molar-refractivity contribution in [1.82, 2.24) is 4.57 Å². The van der Waals surface area contributed by atoms with Gasteiger partial charge in [-0.25, -0.2) is 0 Å². The molecule has 2 nitrogen and oxygen atoms in total. The van der Waals surface area contributed by atoms with Gasteiger partial charge in [0, 0.05) is 47.4 Å². The molecule has 0 fully saturated rings. The molecule has 0 unspecified atom stereocenters. The fourth-order valence-corrected chi connectivity index (χ4v) is 8.15. The zero-order chi connectivity index (χ0) is 29.5. The van der Waals surface area contributed by atoms with Crippen molar-refractivity contribution in [2.45, 2.75) is 0 Å². The van der Waals surface area contributed by atoms with Gasteiger partial charge in [0.2, 0.25) is 0 Å². The first-order chi connectivity index (χ1) is 22.3. The first kappa shape index (κ1) is 24.8. The quantitative estimate of drug-likeness (QED) is 0.200. The number of hydrogen-bond donors (Lipinski definition) is 0.